The third-order valence-electron chi connectivity index (χ3n) is 2.09. The van der Waals surface area contributed by atoms with Gasteiger partial charge >= 0.3 is 0 Å². The predicted octanol–water partition coefficient (Wildman–Crippen LogP) is 3.31. The molecule has 2 rings (SSSR count). The van der Waals surface area contributed by atoms with Crippen molar-refractivity contribution in [3.63, 3.8) is 0 Å². The maximum absolute atomic E-state index is 13.3. The lowest BCUT2D eigenvalue weighted by Gasteiger charge is -2.05. The normalized spacial score (nSPS) is 10.5. The zero-order valence-electron chi connectivity index (χ0n) is 7.85. The van der Waals surface area contributed by atoms with Crippen LogP contribution in [-0.4, -0.2) is 4.98 Å². The lowest BCUT2D eigenvalue weighted by molar-refractivity contribution is 0.411. The van der Waals surface area contributed by atoms with E-state index in [-0.39, 0.29) is 11.1 Å². The SMILES string of the molecule is Fc1cc(-c2ccncc2)c(F)c(F)c1F. The highest BCUT2D eigenvalue weighted by Gasteiger charge is 2.19. The zero-order valence-corrected chi connectivity index (χ0v) is 7.85. The van der Waals surface area contributed by atoms with Crippen LogP contribution < -0.4 is 0 Å². The standard InChI is InChI=1S/C11H5F4N/c12-8-5-7(6-1-3-16-4-2-6)9(13)11(15)10(8)14/h1-5H. The molecule has 0 aliphatic heterocycles. The summed E-state index contributed by atoms with van der Waals surface area (Å²) in [4.78, 5) is 3.68. The van der Waals surface area contributed by atoms with Crippen molar-refractivity contribution in [2.45, 2.75) is 0 Å². The Kier molecular flexibility index (Phi) is 2.60. The fraction of sp³-hybridized carbons (Fsp3) is 0. The van der Waals surface area contributed by atoms with Crippen LogP contribution in [0.25, 0.3) is 11.1 Å². The van der Waals surface area contributed by atoms with Gasteiger partial charge in [-0.25, -0.2) is 17.6 Å². The van der Waals surface area contributed by atoms with Crippen LogP contribution in [0.2, 0.25) is 0 Å². The van der Waals surface area contributed by atoms with Crippen molar-refractivity contribution in [2.24, 2.45) is 0 Å². The minimum Gasteiger partial charge on any atom is -0.265 e. The summed E-state index contributed by atoms with van der Waals surface area (Å²) in [5.41, 5.74) is -0.107. The molecule has 0 amide bonds. The number of aromatic nitrogens is 1. The first-order valence-electron chi connectivity index (χ1n) is 4.34. The summed E-state index contributed by atoms with van der Waals surface area (Å²) in [5, 5.41) is 0. The minimum atomic E-state index is -1.81. The van der Waals surface area contributed by atoms with Crippen LogP contribution in [0.4, 0.5) is 17.6 Å². The number of hydrogen-bond donors (Lipinski definition) is 0. The second kappa shape index (κ2) is 3.92. The molecule has 0 saturated carbocycles. The van der Waals surface area contributed by atoms with Crippen molar-refractivity contribution in [1.82, 2.24) is 4.98 Å². The van der Waals surface area contributed by atoms with Gasteiger partial charge in [0.1, 0.15) is 0 Å². The number of nitrogens with zero attached hydrogens (tertiary/aromatic N) is 1. The van der Waals surface area contributed by atoms with E-state index in [0.29, 0.717) is 6.07 Å². The van der Waals surface area contributed by atoms with E-state index in [0.717, 1.165) is 0 Å². The van der Waals surface area contributed by atoms with Crippen LogP contribution in [0.5, 0.6) is 0 Å². The van der Waals surface area contributed by atoms with Gasteiger partial charge in [-0.3, -0.25) is 4.98 Å². The Bertz CT molecular complexity index is 525. The molecule has 0 aliphatic carbocycles. The summed E-state index contributed by atoms with van der Waals surface area (Å²) in [5.74, 6) is -6.46. The molecule has 0 saturated heterocycles. The molecule has 0 atom stereocenters. The molecule has 0 bridgehead atoms. The highest BCUT2D eigenvalue weighted by atomic mass is 19.2. The fourth-order valence-corrected chi connectivity index (χ4v) is 1.31. The molecule has 0 unspecified atom stereocenters. The number of rotatable bonds is 1. The van der Waals surface area contributed by atoms with Crippen molar-refractivity contribution in [2.75, 3.05) is 0 Å². The van der Waals surface area contributed by atoms with Crippen LogP contribution in [-0.2, 0) is 0 Å². The van der Waals surface area contributed by atoms with Gasteiger partial charge in [-0.15, -0.1) is 0 Å². The summed E-state index contributed by atoms with van der Waals surface area (Å²) in [7, 11) is 0. The molecular weight excluding hydrogens is 222 g/mol. The van der Waals surface area contributed by atoms with Gasteiger partial charge in [0, 0.05) is 18.0 Å². The van der Waals surface area contributed by atoms with Crippen molar-refractivity contribution < 1.29 is 17.6 Å². The maximum Gasteiger partial charge on any atom is 0.198 e. The highest BCUT2D eigenvalue weighted by molar-refractivity contribution is 5.63. The maximum atomic E-state index is 13.3. The lowest BCUT2D eigenvalue weighted by atomic mass is 10.1. The van der Waals surface area contributed by atoms with E-state index in [2.05, 4.69) is 4.98 Å². The first-order valence-corrected chi connectivity index (χ1v) is 4.34. The molecule has 0 spiro atoms. The molecule has 2 aromatic rings. The molecule has 1 aromatic carbocycles. The molecule has 1 nitrogen and oxygen atoms in total. The summed E-state index contributed by atoms with van der Waals surface area (Å²) < 4.78 is 51.9. The van der Waals surface area contributed by atoms with Gasteiger partial charge in [-0.2, -0.15) is 0 Å². The van der Waals surface area contributed by atoms with Crippen molar-refractivity contribution in [3.05, 3.63) is 53.9 Å². The van der Waals surface area contributed by atoms with Crippen LogP contribution in [0.1, 0.15) is 0 Å². The Hall–Kier alpha value is -1.91. The lowest BCUT2D eigenvalue weighted by Crippen LogP contribution is -1.98. The van der Waals surface area contributed by atoms with E-state index in [1.165, 1.54) is 24.5 Å². The average molecular weight is 227 g/mol. The quantitative estimate of drug-likeness (QED) is 0.413. The fourth-order valence-electron chi connectivity index (χ4n) is 1.31. The Morgan fingerprint density at radius 3 is 2.06 bits per heavy atom. The summed E-state index contributed by atoms with van der Waals surface area (Å²) in [6.07, 6.45) is 2.68. The monoisotopic (exact) mass is 227 g/mol. The second-order valence-electron chi connectivity index (χ2n) is 3.08. The highest BCUT2D eigenvalue weighted by Crippen LogP contribution is 2.27. The molecule has 82 valence electrons. The molecule has 5 heteroatoms. The molecular formula is C11H5F4N. The van der Waals surface area contributed by atoms with Crippen LogP contribution >= 0.6 is 0 Å². The Balaban J connectivity index is 2.68. The van der Waals surface area contributed by atoms with E-state index in [4.69, 9.17) is 0 Å². The van der Waals surface area contributed by atoms with Gasteiger partial charge in [0.15, 0.2) is 23.3 Å². The van der Waals surface area contributed by atoms with Gasteiger partial charge in [-0.1, -0.05) is 0 Å². The van der Waals surface area contributed by atoms with E-state index in [9.17, 15) is 17.6 Å². The number of halogens is 4. The van der Waals surface area contributed by atoms with E-state index in [1.54, 1.807) is 0 Å². The third kappa shape index (κ3) is 1.64. The topological polar surface area (TPSA) is 12.9 Å². The Morgan fingerprint density at radius 2 is 1.44 bits per heavy atom. The minimum absolute atomic E-state index is 0.227. The first kappa shape index (κ1) is 10.6. The van der Waals surface area contributed by atoms with Crippen molar-refractivity contribution in [1.29, 1.82) is 0 Å². The van der Waals surface area contributed by atoms with Crippen molar-refractivity contribution >= 4 is 0 Å². The number of hydrogen-bond acceptors (Lipinski definition) is 1. The first-order chi connectivity index (χ1) is 7.61. The van der Waals surface area contributed by atoms with Crippen LogP contribution in [0.3, 0.4) is 0 Å². The molecule has 0 aliphatic rings. The van der Waals surface area contributed by atoms with Gasteiger partial charge in [-0.05, 0) is 23.8 Å². The van der Waals surface area contributed by atoms with E-state index < -0.39 is 23.3 Å². The summed E-state index contributed by atoms with van der Waals surface area (Å²) >= 11 is 0. The molecule has 1 aromatic heterocycles. The van der Waals surface area contributed by atoms with Gasteiger partial charge < -0.3 is 0 Å². The second-order valence-corrected chi connectivity index (χ2v) is 3.08. The summed E-state index contributed by atoms with van der Waals surface area (Å²) in [6, 6.07) is 3.35. The Labute approximate surface area is 88.4 Å². The van der Waals surface area contributed by atoms with Gasteiger partial charge in [0.2, 0.25) is 0 Å². The molecule has 0 N–H and O–H groups in total. The van der Waals surface area contributed by atoms with Gasteiger partial charge in [0.25, 0.3) is 0 Å². The van der Waals surface area contributed by atoms with Crippen molar-refractivity contribution in [3.8, 4) is 11.1 Å². The number of pyridine rings is 1. The third-order valence-corrected chi connectivity index (χ3v) is 2.09. The zero-order chi connectivity index (χ0) is 11.7. The molecule has 16 heavy (non-hydrogen) atoms. The number of benzene rings is 1. The predicted molar refractivity (Wildman–Crippen MR) is 49.5 cm³/mol. The molecule has 0 fully saturated rings. The molecule has 0 radical (unpaired) electrons. The van der Waals surface area contributed by atoms with Crippen LogP contribution in [0, 0.1) is 23.3 Å². The Morgan fingerprint density at radius 1 is 0.812 bits per heavy atom. The largest absolute Gasteiger partial charge is 0.265 e. The summed E-state index contributed by atoms with van der Waals surface area (Å²) in [6.45, 7) is 0. The average Bonchev–Trinajstić information content (AvgIpc) is 2.32. The van der Waals surface area contributed by atoms with E-state index in [1.807, 2.05) is 0 Å². The molecule has 1 heterocycles. The smallest absolute Gasteiger partial charge is 0.198 e. The van der Waals surface area contributed by atoms with E-state index >= 15 is 0 Å². The van der Waals surface area contributed by atoms with Gasteiger partial charge in [0.05, 0.1) is 0 Å². The van der Waals surface area contributed by atoms with Crippen LogP contribution in [0.15, 0.2) is 30.6 Å².